The van der Waals surface area contributed by atoms with Gasteiger partial charge in [-0.2, -0.15) is 5.10 Å². The van der Waals surface area contributed by atoms with Crippen molar-refractivity contribution in [2.75, 3.05) is 6.54 Å². The molecule has 0 radical (unpaired) electrons. The number of aromatic nitrogens is 2. The van der Waals surface area contributed by atoms with Gasteiger partial charge in [-0.05, 0) is 49.6 Å². The van der Waals surface area contributed by atoms with Crippen molar-refractivity contribution in [3.63, 3.8) is 0 Å². The van der Waals surface area contributed by atoms with E-state index in [-0.39, 0.29) is 0 Å². The highest BCUT2D eigenvalue weighted by Crippen LogP contribution is 2.42. The molecule has 1 aromatic heterocycles. The van der Waals surface area contributed by atoms with Crippen LogP contribution in [0, 0.1) is 17.8 Å². The first-order valence-corrected chi connectivity index (χ1v) is 8.20. The summed E-state index contributed by atoms with van der Waals surface area (Å²) >= 11 is 0. The zero-order chi connectivity index (χ0) is 14.7. The van der Waals surface area contributed by atoms with Crippen LogP contribution in [0.5, 0.6) is 0 Å². The molecule has 20 heavy (non-hydrogen) atoms. The normalized spacial score (nSPS) is 27.4. The summed E-state index contributed by atoms with van der Waals surface area (Å²) in [7, 11) is 2.08. The molecule has 3 heteroatoms. The van der Waals surface area contributed by atoms with Gasteiger partial charge in [-0.1, -0.05) is 27.7 Å². The lowest BCUT2D eigenvalue weighted by Crippen LogP contribution is -2.36. The van der Waals surface area contributed by atoms with Crippen LogP contribution < -0.4 is 5.32 Å². The van der Waals surface area contributed by atoms with Gasteiger partial charge in [-0.25, -0.2) is 0 Å². The van der Waals surface area contributed by atoms with Crippen molar-refractivity contribution in [3.05, 3.63) is 18.0 Å². The van der Waals surface area contributed by atoms with Gasteiger partial charge in [0.25, 0.3) is 0 Å². The first-order valence-electron chi connectivity index (χ1n) is 8.20. The fraction of sp³-hybridized carbons (Fsp3) is 0.824. The van der Waals surface area contributed by atoms with Crippen LogP contribution in [0.2, 0.25) is 0 Å². The molecule has 0 bridgehead atoms. The van der Waals surface area contributed by atoms with Crippen LogP contribution in [0.25, 0.3) is 0 Å². The fourth-order valence-electron chi connectivity index (χ4n) is 3.61. The molecule has 0 saturated heterocycles. The minimum absolute atomic E-state index is 0.574. The second kappa shape index (κ2) is 6.75. The van der Waals surface area contributed by atoms with Crippen LogP contribution in [-0.4, -0.2) is 22.4 Å². The van der Waals surface area contributed by atoms with Gasteiger partial charge in [0.2, 0.25) is 0 Å². The van der Waals surface area contributed by atoms with Gasteiger partial charge >= 0.3 is 0 Å². The average Bonchev–Trinajstić information content (AvgIpc) is 2.82. The van der Waals surface area contributed by atoms with Gasteiger partial charge in [0.1, 0.15) is 0 Å². The molecule has 1 fully saturated rings. The number of nitrogens with zero attached hydrogens (tertiary/aromatic N) is 2. The lowest BCUT2D eigenvalue weighted by atomic mass is 9.69. The average molecular weight is 277 g/mol. The molecular weight excluding hydrogens is 246 g/mol. The van der Waals surface area contributed by atoms with E-state index in [9.17, 15) is 0 Å². The summed E-state index contributed by atoms with van der Waals surface area (Å²) in [6.45, 7) is 10.4. The number of rotatable bonds is 5. The third-order valence-electron chi connectivity index (χ3n) is 5.00. The summed E-state index contributed by atoms with van der Waals surface area (Å²) in [5.41, 5.74) is 1.42. The van der Waals surface area contributed by atoms with E-state index in [1.165, 1.54) is 25.0 Å². The monoisotopic (exact) mass is 277 g/mol. The molecule has 1 saturated carbocycles. The van der Waals surface area contributed by atoms with Gasteiger partial charge in [-0.3, -0.25) is 4.68 Å². The lowest BCUT2D eigenvalue weighted by molar-refractivity contribution is 0.183. The van der Waals surface area contributed by atoms with Crippen LogP contribution in [0.15, 0.2) is 12.3 Å². The largest absolute Gasteiger partial charge is 0.314 e. The van der Waals surface area contributed by atoms with E-state index < -0.39 is 0 Å². The van der Waals surface area contributed by atoms with Crippen molar-refractivity contribution in [2.45, 2.75) is 58.9 Å². The SMILES string of the molecule is CC(C)NCC1CCC(C(C)C)CC1c1ccnn1C. The number of aryl methyl sites for hydroxylation is 1. The van der Waals surface area contributed by atoms with Crippen molar-refractivity contribution in [3.8, 4) is 0 Å². The van der Waals surface area contributed by atoms with E-state index in [4.69, 9.17) is 0 Å². The van der Waals surface area contributed by atoms with E-state index in [1.54, 1.807) is 0 Å². The fourth-order valence-corrected chi connectivity index (χ4v) is 3.61. The second-order valence-electron chi connectivity index (χ2n) is 7.13. The van der Waals surface area contributed by atoms with Crippen LogP contribution >= 0.6 is 0 Å². The Morgan fingerprint density at radius 3 is 2.60 bits per heavy atom. The maximum absolute atomic E-state index is 4.39. The third-order valence-corrected chi connectivity index (χ3v) is 5.00. The van der Waals surface area contributed by atoms with E-state index in [1.807, 2.05) is 6.20 Å². The summed E-state index contributed by atoms with van der Waals surface area (Å²) in [6, 6.07) is 2.79. The van der Waals surface area contributed by atoms with Crippen molar-refractivity contribution in [1.82, 2.24) is 15.1 Å². The maximum Gasteiger partial charge on any atom is 0.0492 e. The molecular formula is C17H31N3. The lowest BCUT2D eigenvalue weighted by Gasteiger charge is -2.38. The van der Waals surface area contributed by atoms with Gasteiger partial charge in [0.05, 0.1) is 0 Å². The molecule has 3 nitrogen and oxygen atoms in total. The summed E-state index contributed by atoms with van der Waals surface area (Å²) in [4.78, 5) is 0. The van der Waals surface area contributed by atoms with Crippen LogP contribution in [0.1, 0.15) is 58.6 Å². The third kappa shape index (κ3) is 3.63. The van der Waals surface area contributed by atoms with Gasteiger partial charge in [0, 0.05) is 30.9 Å². The summed E-state index contributed by atoms with van der Waals surface area (Å²) in [5, 5.41) is 8.03. The standard InChI is InChI=1S/C17H31N3/c1-12(2)14-6-7-15(11-18-13(3)4)16(10-14)17-8-9-19-20(17)5/h8-9,12-16,18H,6-7,10-11H2,1-5H3. The Kier molecular flexibility index (Phi) is 5.25. The second-order valence-corrected chi connectivity index (χ2v) is 7.13. The molecule has 1 aliphatic rings. The van der Waals surface area contributed by atoms with Crippen molar-refractivity contribution in [2.24, 2.45) is 24.8 Å². The first-order chi connectivity index (χ1) is 9.49. The molecule has 3 unspecified atom stereocenters. The Balaban J connectivity index is 2.12. The molecule has 3 atom stereocenters. The van der Waals surface area contributed by atoms with Crippen LogP contribution in [0.3, 0.4) is 0 Å². The molecule has 1 aliphatic carbocycles. The predicted octanol–water partition coefficient (Wildman–Crippen LogP) is 3.57. The minimum atomic E-state index is 0.574. The van der Waals surface area contributed by atoms with E-state index in [2.05, 4.69) is 55.9 Å². The molecule has 0 aliphatic heterocycles. The van der Waals surface area contributed by atoms with E-state index >= 15 is 0 Å². The quantitative estimate of drug-likeness (QED) is 0.891. The molecule has 0 spiro atoms. The topological polar surface area (TPSA) is 29.9 Å². The molecule has 1 heterocycles. The Morgan fingerprint density at radius 2 is 2.05 bits per heavy atom. The highest BCUT2D eigenvalue weighted by Gasteiger charge is 2.33. The molecule has 114 valence electrons. The van der Waals surface area contributed by atoms with Gasteiger partial charge < -0.3 is 5.32 Å². The predicted molar refractivity (Wildman–Crippen MR) is 84.8 cm³/mol. The summed E-state index contributed by atoms with van der Waals surface area (Å²) in [5.74, 6) is 3.08. The maximum atomic E-state index is 4.39. The Labute approximate surface area is 124 Å². The number of hydrogen-bond acceptors (Lipinski definition) is 2. The Morgan fingerprint density at radius 1 is 1.30 bits per heavy atom. The van der Waals surface area contributed by atoms with Crippen molar-refractivity contribution >= 4 is 0 Å². The van der Waals surface area contributed by atoms with Crippen LogP contribution in [0.4, 0.5) is 0 Å². The zero-order valence-corrected chi connectivity index (χ0v) is 13.8. The van der Waals surface area contributed by atoms with E-state index in [0.29, 0.717) is 12.0 Å². The van der Waals surface area contributed by atoms with Gasteiger partial charge in [-0.15, -0.1) is 0 Å². The van der Waals surface area contributed by atoms with E-state index in [0.717, 1.165) is 24.3 Å². The smallest absolute Gasteiger partial charge is 0.0492 e. The Hall–Kier alpha value is -0.830. The van der Waals surface area contributed by atoms with Crippen LogP contribution in [-0.2, 0) is 7.05 Å². The number of hydrogen-bond donors (Lipinski definition) is 1. The molecule has 0 amide bonds. The molecule has 0 aromatic carbocycles. The number of nitrogens with one attached hydrogen (secondary N) is 1. The van der Waals surface area contributed by atoms with Crippen molar-refractivity contribution in [1.29, 1.82) is 0 Å². The molecule has 1 aromatic rings. The molecule has 2 rings (SSSR count). The van der Waals surface area contributed by atoms with Gasteiger partial charge in [0.15, 0.2) is 0 Å². The first kappa shape index (κ1) is 15.6. The summed E-state index contributed by atoms with van der Waals surface area (Å²) < 4.78 is 2.08. The Bertz CT molecular complexity index is 408. The molecule has 1 N–H and O–H groups in total. The van der Waals surface area contributed by atoms with Crippen molar-refractivity contribution < 1.29 is 0 Å². The summed E-state index contributed by atoms with van der Waals surface area (Å²) in [6.07, 6.45) is 6.00. The highest BCUT2D eigenvalue weighted by molar-refractivity contribution is 5.11. The highest BCUT2D eigenvalue weighted by atomic mass is 15.3. The minimum Gasteiger partial charge on any atom is -0.314 e. The zero-order valence-electron chi connectivity index (χ0n) is 13.8.